The highest BCUT2D eigenvalue weighted by Crippen LogP contribution is 2.25. The maximum Gasteiger partial charge on any atom is 0.251 e. The standard InChI is InChI=1S/C21H21FN2O3/c1-13(24-21(26)15-6-4-3-5-7-15)10-20(25)23-12-19-14(2)17-11-16(22)8-9-18(17)27-19/h3-9,11,13H,10,12H2,1-2H3,(H,23,25)(H,24,26). The Morgan fingerprint density at radius 3 is 2.63 bits per heavy atom. The van der Waals surface area contributed by atoms with E-state index in [1.165, 1.54) is 12.1 Å². The van der Waals surface area contributed by atoms with E-state index >= 15 is 0 Å². The summed E-state index contributed by atoms with van der Waals surface area (Å²) in [5.41, 5.74) is 1.94. The molecule has 6 heteroatoms. The summed E-state index contributed by atoms with van der Waals surface area (Å²) in [5.74, 6) is -0.164. The van der Waals surface area contributed by atoms with Gasteiger partial charge in [-0.3, -0.25) is 9.59 Å². The second-order valence-electron chi connectivity index (χ2n) is 6.51. The number of carbonyl (C=O) groups excluding carboxylic acids is 2. The molecule has 0 radical (unpaired) electrons. The van der Waals surface area contributed by atoms with Gasteiger partial charge in [0.15, 0.2) is 0 Å². The van der Waals surface area contributed by atoms with Gasteiger partial charge in [-0.25, -0.2) is 4.39 Å². The molecule has 0 saturated heterocycles. The molecule has 0 bridgehead atoms. The van der Waals surface area contributed by atoms with Crippen LogP contribution in [0.5, 0.6) is 0 Å². The Kier molecular flexibility index (Phi) is 5.54. The summed E-state index contributed by atoms with van der Waals surface area (Å²) in [7, 11) is 0. The Morgan fingerprint density at radius 1 is 1.15 bits per heavy atom. The van der Waals surface area contributed by atoms with Gasteiger partial charge < -0.3 is 15.1 Å². The van der Waals surface area contributed by atoms with Crippen LogP contribution >= 0.6 is 0 Å². The van der Waals surface area contributed by atoms with Crippen LogP contribution in [-0.2, 0) is 11.3 Å². The van der Waals surface area contributed by atoms with Crippen molar-refractivity contribution in [2.24, 2.45) is 0 Å². The number of carbonyl (C=O) groups is 2. The van der Waals surface area contributed by atoms with Gasteiger partial charge in [0.1, 0.15) is 17.2 Å². The molecule has 2 N–H and O–H groups in total. The minimum Gasteiger partial charge on any atom is -0.459 e. The van der Waals surface area contributed by atoms with Crippen LogP contribution in [0.2, 0.25) is 0 Å². The number of hydrogen-bond donors (Lipinski definition) is 2. The average molecular weight is 368 g/mol. The van der Waals surface area contributed by atoms with Gasteiger partial charge in [0.05, 0.1) is 6.54 Å². The minimum absolute atomic E-state index is 0.145. The molecule has 1 atom stereocenters. The number of fused-ring (bicyclic) bond motifs is 1. The number of hydrogen-bond acceptors (Lipinski definition) is 3. The summed E-state index contributed by atoms with van der Waals surface area (Å²) in [6.45, 7) is 3.81. The topological polar surface area (TPSA) is 71.3 Å². The molecule has 27 heavy (non-hydrogen) atoms. The van der Waals surface area contributed by atoms with Crippen molar-refractivity contribution < 1.29 is 18.4 Å². The van der Waals surface area contributed by atoms with E-state index in [9.17, 15) is 14.0 Å². The fraction of sp³-hybridized carbons (Fsp3) is 0.238. The van der Waals surface area contributed by atoms with Crippen LogP contribution in [0.3, 0.4) is 0 Å². The Balaban J connectivity index is 1.54. The van der Waals surface area contributed by atoms with Crippen molar-refractivity contribution in [3.63, 3.8) is 0 Å². The lowest BCUT2D eigenvalue weighted by molar-refractivity contribution is -0.121. The number of halogens is 1. The molecule has 2 aromatic carbocycles. The zero-order chi connectivity index (χ0) is 19.4. The molecule has 3 aromatic rings. The van der Waals surface area contributed by atoms with Crippen molar-refractivity contribution in [2.75, 3.05) is 0 Å². The molecule has 0 aliphatic rings. The normalized spacial score (nSPS) is 12.0. The number of amides is 2. The number of furan rings is 1. The number of rotatable bonds is 6. The van der Waals surface area contributed by atoms with Gasteiger partial charge in [-0.1, -0.05) is 18.2 Å². The SMILES string of the molecule is Cc1c(CNC(=O)CC(C)NC(=O)c2ccccc2)oc2ccc(F)cc12. The van der Waals surface area contributed by atoms with Gasteiger partial charge in [-0.2, -0.15) is 0 Å². The van der Waals surface area contributed by atoms with E-state index in [4.69, 9.17) is 4.42 Å². The van der Waals surface area contributed by atoms with Gasteiger partial charge in [0.2, 0.25) is 5.91 Å². The van der Waals surface area contributed by atoms with E-state index in [0.29, 0.717) is 22.3 Å². The monoisotopic (exact) mass is 368 g/mol. The second kappa shape index (κ2) is 8.03. The number of benzene rings is 2. The highest BCUT2D eigenvalue weighted by molar-refractivity contribution is 5.94. The van der Waals surface area contributed by atoms with E-state index in [1.54, 1.807) is 37.3 Å². The molecule has 5 nitrogen and oxygen atoms in total. The third-order valence-electron chi connectivity index (χ3n) is 4.35. The highest BCUT2D eigenvalue weighted by Gasteiger charge is 2.15. The van der Waals surface area contributed by atoms with Crippen LogP contribution in [0.1, 0.15) is 35.0 Å². The van der Waals surface area contributed by atoms with Crippen LogP contribution in [0.4, 0.5) is 4.39 Å². The molecule has 140 valence electrons. The maximum absolute atomic E-state index is 13.4. The largest absolute Gasteiger partial charge is 0.459 e. The van der Waals surface area contributed by atoms with Gasteiger partial charge in [0, 0.05) is 29.0 Å². The van der Waals surface area contributed by atoms with Crippen LogP contribution in [0.25, 0.3) is 11.0 Å². The van der Waals surface area contributed by atoms with Crippen LogP contribution < -0.4 is 10.6 Å². The van der Waals surface area contributed by atoms with E-state index in [-0.39, 0.29) is 36.6 Å². The highest BCUT2D eigenvalue weighted by atomic mass is 19.1. The van der Waals surface area contributed by atoms with Gasteiger partial charge in [-0.05, 0) is 44.2 Å². The fourth-order valence-corrected chi connectivity index (χ4v) is 2.89. The summed E-state index contributed by atoms with van der Waals surface area (Å²) < 4.78 is 19.0. The molecule has 0 saturated carbocycles. The van der Waals surface area contributed by atoms with Gasteiger partial charge in [-0.15, -0.1) is 0 Å². The average Bonchev–Trinajstić information content (AvgIpc) is 2.96. The van der Waals surface area contributed by atoms with Crippen LogP contribution in [-0.4, -0.2) is 17.9 Å². The van der Waals surface area contributed by atoms with E-state index in [0.717, 1.165) is 5.56 Å². The summed E-state index contributed by atoms with van der Waals surface area (Å²) in [6.07, 6.45) is 0.145. The molecular weight excluding hydrogens is 347 g/mol. The third kappa shape index (κ3) is 4.53. The van der Waals surface area contributed by atoms with Crippen LogP contribution in [0.15, 0.2) is 52.9 Å². The molecule has 1 aromatic heterocycles. The molecule has 0 fully saturated rings. The Morgan fingerprint density at radius 2 is 1.89 bits per heavy atom. The second-order valence-corrected chi connectivity index (χ2v) is 6.51. The van der Waals surface area contributed by atoms with Crippen LogP contribution in [0, 0.1) is 12.7 Å². The molecule has 0 spiro atoms. The first kappa shape index (κ1) is 18.6. The Labute approximate surface area is 156 Å². The maximum atomic E-state index is 13.4. The van der Waals surface area contributed by atoms with E-state index < -0.39 is 0 Å². The molecule has 1 heterocycles. The lowest BCUT2D eigenvalue weighted by Gasteiger charge is -2.13. The first-order valence-corrected chi connectivity index (χ1v) is 8.74. The predicted molar refractivity (Wildman–Crippen MR) is 101 cm³/mol. The predicted octanol–water partition coefficient (Wildman–Crippen LogP) is 3.71. The lowest BCUT2D eigenvalue weighted by Crippen LogP contribution is -2.37. The van der Waals surface area contributed by atoms with E-state index in [2.05, 4.69) is 10.6 Å². The minimum atomic E-state index is -0.329. The van der Waals surface area contributed by atoms with Crippen molar-refractivity contribution in [2.45, 2.75) is 32.9 Å². The number of nitrogens with one attached hydrogen (secondary N) is 2. The van der Waals surface area contributed by atoms with Crippen molar-refractivity contribution >= 4 is 22.8 Å². The summed E-state index contributed by atoms with van der Waals surface area (Å²) in [5, 5.41) is 6.28. The van der Waals surface area contributed by atoms with Crippen molar-refractivity contribution in [1.29, 1.82) is 0 Å². The van der Waals surface area contributed by atoms with E-state index in [1.807, 2.05) is 13.0 Å². The first-order chi connectivity index (χ1) is 12.9. The summed E-state index contributed by atoms with van der Waals surface area (Å²) in [6, 6.07) is 12.9. The summed E-state index contributed by atoms with van der Waals surface area (Å²) >= 11 is 0. The molecule has 0 aliphatic heterocycles. The van der Waals surface area contributed by atoms with Crippen molar-refractivity contribution in [3.05, 3.63) is 71.2 Å². The Hall–Kier alpha value is -3.15. The van der Waals surface area contributed by atoms with Gasteiger partial charge >= 0.3 is 0 Å². The zero-order valence-corrected chi connectivity index (χ0v) is 15.2. The lowest BCUT2D eigenvalue weighted by atomic mass is 10.1. The molecule has 0 aliphatic carbocycles. The van der Waals surface area contributed by atoms with Crippen molar-refractivity contribution in [1.82, 2.24) is 10.6 Å². The number of aryl methyl sites for hydroxylation is 1. The smallest absolute Gasteiger partial charge is 0.251 e. The van der Waals surface area contributed by atoms with Gasteiger partial charge in [0.25, 0.3) is 5.91 Å². The summed E-state index contributed by atoms with van der Waals surface area (Å²) in [4.78, 5) is 24.3. The fourth-order valence-electron chi connectivity index (χ4n) is 2.89. The Bertz CT molecular complexity index is 966. The quantitative estimate of drug-likeness (QED) is 0.697. The molecule has 3 rings (SSSR count). The molecule has 1 unspecified atom stereocenters. The first-order valence-electron chi connectivity index (χ1n) is 8.74. The van der Waals surface area contributed by atoms with Crippen molar-refractivity contribution in [3.8, 4) is 0 Å². The molecule has 2 amide bonds. The zero-order valence-electron chi connectivity index (χ0n) is 15.2. The third-order valence-corrected chi connectivity index (χ3v) is 4.35. The molecular formula is C21H21FN2O3.